The van der Waals surface area contributed by atoms with E-state index in [1.807, 2.05) is 30.3 Å². The molecule has 1 aromatic heterocycles. The predicted molar refractivity (Wildman–Crippen MR) is 151 cm³/mol. The minimum Gasteiger partial charge on any atom is -0.326 e. The van der Waals surface area contributed by atoms with Crippen molar-refractivity contribution in [3.05, 3.63) is 112 Å². The quantitative estimate of drug-likeness (QED) is 0.285. The zero-order valence-electron chi connectivity index (χ0n) is 22.3. The monoisotopic (exact) mass is 545 g/mol. The Morgan fingerprint density at radius 2 is 1.98 bits per heavy atom. The van der Waals surface area contributed by atoms with Crippen molar-refractivity contribution in [1.82, 2.24) is 15.1 Å². The first-order chi connectivity index (χ1) is 19.9. The van der Waals surface area contributed by atoms with Gasteiger partial charge in [0, 0.05) is 19.2 Å². The molecule has 1 amide bonds. The zero-order valence-corrected chi connectivity index (χ0v) is 22.3. The molecule has 1 aliphatic heterocycles. The zero-order chi connectivity index (χ0) is 28.6. The number of nitriles is 2. The van der Waals surface area contributed by atoms with Crippen LogP contribution in [0.2, 0.25) is 0 Å². The van der Waals surface area contributed by atoms with E-state index in [4.69, 9.17) is 5.73 Å². The number of nitrogens with two attached hydrogens (primary N) is 1. The highest BCUT2D eigenvalue weighted by Gasteiger charge is 2.41. The second kappa shape index (κ2) is 10.6. The number of halogens is 1. The van der Waals surface area contributed by atoms with E-state index in [0.29, 0.717) is 30.3 Å². The number of anilines is 1. The molecule has 1 fully saturated rings. The summed E-state index contributed by atoms with van der Waals surface area (Å²) in [6, 6.07) is 23.3. The number of hydrogen-bond acceptors (Lipinski definition) is 6. The van der Waals surface area contributed by atoms with E-state index in [-0.39, 0.29) is 17.1 Å². The fourth-order valence-electron chi connectivity index (χ4n) is 5.70. The van der Waals surface area contributed by atoms with Crippen molar-refractivity contribution in [2.75, 3.05) is 5.32 Å². The van der Waals surface area contributed by atoms with E-state index in [1.54, 1.807) is 30.3 Å². The molecule has 9 heteroatoms. The topological polar surface area (TPSA) is 133 Å². The van der Waals surface area contributed by atoms with Crippen LogP contribution in [0.1, 0.15) is 69.7 Å². The minimum absolute atomic E-state index is 0.0316. The molecule has 0 radical (unpaired) electrons. The lowest BCUT2D eigenvalue weighted by Crippen LogP contribution is -2.38. The van der Waals surface area contributed by atoms with Crippen LogP contribution in [0.15, 0.2) is 66.7 Å². The summed E-state index contributed by atoms with van der Waals surface area (Å²) in [4.78, 5) is 13.5. The van der Waals surface area contributed by atoms with Crippen molar-refractivity contribution in [2.24, 2.45) is 11.7 Å². The molecule has 2 aliphatic rings. The molecule has 1 aliphatic carbocycles. The lowest BCUT2D eigenvalue weighted by atomic mass is 9.79. The Balaban J connectivity index is 1.36. The SMILES string of the molecule is N#Cc1ccc2c(c1)CNC2(CCC1CC1)c1ccc(F)c(NC(=O)c2cc(C#N)nn2-c2cccc(CN)c2)c1. The summed E-state index contributed by atoms with van der Waals surface area (Å²) in [6.07, 6.45) is 4.26. The van der Waals surface area contributed by atoms with Crippen LogP contribution in [-0.2, 0) is 18.6 Å². The predicted octanol–water partition coefficient (Wildman–Crippen LogP) is 5.00. The first-order valence-electron chi connectivity index (χ1n) is 13.6. The Morgan fingerprint density at radius 1 is 1.12 bits per heavy atom. The van der Waals surface area contributed by atoms with Gasteiger partial charge in [-0.15, -0.1) is 0 Å². The molecule has 1 atom stereocenters. The molecule has 0 bridgehead atoms. The van der Waals surface area contributed by atoms with Crippen molar-refractivity contribution >= 4 is 11.6 Å². The summed E-state index contributed by atoms with van der Waals surface area (Å²) in [5.41, 5.74) is 10.3. The summed E-state index contributed by atoms with van der Waals surface area (Å²) in [5, 5.41) is 29.5. The van der Waals surface area contributed by atoms with Crippen LogP contribution in [-0.4, -0.2) is 15.7 Å². The number of fused-ring (bicyclic) bond motifs is 1. The highest BCUT2D eigenvalue weighted by atomic mass is 19.1. The number of benzene rings is 3. The molecule has 8 nitrogen and oxygen atoms in total. The van der Waals surface area contributed by atoms with Gasteiger partial charge in [-0.2, -0.15) is 15.6 Å². The highest BCUT2D eigenvalue weighted by Crippen LogP contribution is 2.45. The number of nitrogens with zero attached hydrogens (tertiary/aromatic N) is 4. The van der Waals surface area contributed by atoms with Crippen LogP contribution >= 0.6 is 0 Å². The van der Waals surface area contributed by atoms with Gasteiger partial charge in [0.2, 0.25) is 0 Å². The Morgan fingerprint density at radius 3 is 2.73 bits per heavy atom. The van der Waals surface area contributed by atoms with Crippen LogP contribution in [0.3, 0.4) is 0 Å². The van der Waals surface area contributed by atoms with Gasteiger partial charge >= 0.3 is 0 Å². The van der Waals surface area contributed by atoms with Crippen molar-refractivity contribution in [3.63, 3.8) is 0 Å². The fraction of sp³-hybridized carbons (Fsp3) is 0.250. The lowest BCUT2D eigenvalue weighted by molar-refractivity contribution is 0.101. The van der Waals surface area contributed by atoms with Crippen molar-refractivity contribution in [3.8, 4) is 17.8 Å². The first kappa shape index (κ1) is 26.4. The van der Waals surface area contributed by atoms with Crippen LogP contribution < -0.4 is 16.4 Å². The van der Waals surface area contributed by atoms with E-state index >= 15 is 4.39 Å². The van der Waals surface area contributed by atoms with Gasteiger partial charge in [0.25, 0.3) is 5.91 Å². The van der Waals surface area contributed by atoms with Gasteiger partial charge in [0.1, 0.15) is 17.6 Å². The Labute approximate surface area is 237 Å². The Bertz CT molecular complexity index is 1740. The minimum atomic E-state index is -0.598. The Hall–Kier alpha value is -4.83. The number of carbonyl (C=O) groups excluding carboxylic acids is 1. The second-order valence-corrected chi connectivity index (χ2v) is 10.7. The average Bonchev–Trinajstić information content (AvgIpc) is 3.61. The number of amides is 1. The summed E-state index contributed by atoms with van der Waals surface area (Å²) >= 11 is 0. The molecule has 0 spiro atoms. The lowest BCUT2D eigenvalue weighted by Gasteiger charge is -2.32. The molecule has 204 valence electrons. The van der Waals surface area contributed by atoms with E-state index < -0.39 is 17.3 Å². The number of hydrogen-bond donors (Lipinski definition) is 3. The molecule has 41 heavy (non-hydrogen) atoms. The van der Waals surface area contributed by atoms with Gasteiger partial charge in [-0.25, -0.2) is 9.07 Å². The van der Waals surface area contributed by atoms with E-state index in [9.17, 15) is 15.3 Å². The molecule has 4 aromatic rings. The van der Waals surface area contributed by atoms with Crippen LogP contribution in [0, 0.1) is 34.4 Å². The van der Waals surface area contributed by atoms with Gasteiger partial charge in [0.15, 0.2) is 5.69 Å². The summed E-state index contributed by atoms with van der Waals surface area (Å²) in [5.74, 6) is -0.490. The van der Waals surface area contributed by atoms with Crippen molar-refractivity contribution < 1.29 is 9.18 Å². The maximum absolute atomic E-state index is 15.2. The van der Waals surface area contributed by atoms with Crippen molar-refractivity contribution in [2.45, 2.75) is 44.3 Å². The normalized spacial score (nSPS) is 17.5. The average molecular weight is 546 g/mol. The molecule has 2 heterocycles. The molecule has 4 N–H and O–H groups in total. The maximum Gasteiger partial charge on any atom is 0.274 e. The third-order valence-corrected chi connectivity index (χ3v) is 8.05. The standard InChI is InChI=1S/C32H28FN7O/c33-28-9-7-24(32(11-10-20-4-5-20)27-8-6-22(17-35)12-23(27)19-37-32)14-29(28)38-31(41)30-15-25(18-36)39-40(30)26-3-1-2-21(13-26)16-34/h1-3,6-9,12-15,20,37H,4-5,10-11,16,19,34H2,(H,38,41). The van der Waals surface area contributed by atoms with Gasteiger partial charge < -0.3 is 11.1 Å². The molecule has 1 unspecified atom stereocenters. The number of carbonyl (C=O) groups is 1. The molecular formula is C32H28FN7O. The second-order valence-electron chi connectivity index (χ2n) is 10.7. The molecule has 6 rings (SSSR count). The third-order valence-electron chi connectivity index (χ3n) is 8.05. The van der Waals surface area contributed by atoms with Gasteiger partial charge in [-0.05, 0) is 77.4 Å². The number of nitrogens with one attached hydrogen (secondary N) is 2. The molecular weight excluding hydrogens is 517 g/mol. The smallest absolute Gasteiger partial charge is 0.274 e. The largest absolute Gasteiger partial charge is 0.326 e. The molecule has 0 saturated heterocycles. The van der Waals surface area contributed by atoms with E-state index in [1.165, 1.54) is 29.7 Å². The van der Waals surface area contributed by atoms with Crippen LogP contribution in [0.5, 0.6) is 0 Å². The molecule has 1 saturated carbocycles. The van der Waals surface area contributed by atoms with Crippen molar-refractivity contribution in [1.29, 1.82) is 10.5 Å². The number of aromatic nitrogens is 2. The van der Waals surface area contributed by atoms with Gasteiger partial charge in [-0.3, -0.25) is 10.1 Å². The highest BCUT2D eigenvalue weighted by molar-refractivity contribution is 6.03. The van der Waals surface area contributed by atoms with Crippen LogP contribution in [0.25, 0.3) is 5.69 Å². The fourth-order valence-corrected chi connectivity index (χ4v) is 5.70. The maximum atomic E-state index is 15.2. The van der Waals surface area contributed by atoms with Gasteiger partial charge in [0.05, 0.1) is 28.5 Å². The Kier molecular flexibility index (Phi) is 6.84. The summed E-state index contributed by atoms with van der Waals surface area (Å²) in [6.45, 7) is 0.893. The summed E-state index contributed by atoms with van der Waals surface area (Å²) < 4.78 is 16.6. The first-order valence-corrected chi connectivity index (χ1v) is 13.6. The summed E-state index contributed by atoms with van der Waals surface area (Å²) in [7, 11) is 0. The number of rotatable bonds is 8. The van der Waals surface area contributed by atoms with Gasteiger partial charge in [-0.1, -0.05) is 37.1 Å². The third kappa shape index (κ3) is 4.98. The van der Waals surface area contributed by atoms with Crippen LogP contribution in [0.4, 0.5) is 10.1 Å². The van der Waals surface area contributed by atoms with E-state index in [0.717, 1.165) is 35.1 Å². The molecule has 3 aromatic carbocycles. The van der Waals surface area contributed by atoms with E-state index in [2.05, 4.69) is 21.8 Å².